The summed E-state index contributed by atoms with van der Waals surface area (Å²) in [6.45, 7) is 1.45. The smallest absolute Gasteiger partial charge is 0.321 e. The van der Waals surface area contributed by atoms with Crippen LogP contribution < -0.4 is 10.6 Å². The number of urea groups is 1. The molecule has 148 valence electrons. The van der Waals surface area contributed by atoms with Crippen molar-refractivity contribution >= 4 is 41.3 Å². The molecule has 0 heterocycles. The molecule has 1 aliphatic carbocycles. The van der Waals surface area contributed by atoms with Crippen LogP contribution in [0.15, 0.2) is 29.2 Å². The number of rotatable bonds is 7. The predicted octanol–water partition coefficient (Wildman–Crippen LogP) is 3.91. The molecule has 0 spiro atoms. The van der Waals surface area contributed by atoms with Crippen LogP contribution in [0.25, 0.3) is 0 Å². The molecule has 1 atom stereocenters. The van der Waals surface area contributed by atoms with E-state index in [9.17, 15) is 14.4 Å². The Labute approximate surface area is 168 Å². The Bertz CT molecular complexity index is 648. The minimum absolute atomic E-state index is 0.106. The van der Waals surface area contributed by atoms with Gasteiger partial charge in [-0.3, -0.25) is 14.9 Å². The second kappa shape index (κ2) is 11.2. The number of esters is 1. The fourth-order valence-electron chi connectivity index (χ4n) is 2.77. The highest BCUT2D eigenvalue weighted by atomic mass is 35.5. The maximum absolute atomic E-state index is 12.0. The molecule has 2 rings (SSSR count). The van der Waals surface area contributed by atoms with Gasteiger partial charge in [0.15, 0.2) is 6.10 Å². The van der Waals surface area contributed by atoms with Crippen molar-refractivity contribution in [3.63, 3.8) is 0 Å². The second-order valence-electron chi connectivity index (χ2n) is 6.48. The van der Waals surface area contributed by atoms with Gasteiger partial charge in [0.1, 0.15) is 0 Å². The fourth-order valence-corrected chi connectivity index (χ4v) is 3.73. The number of hydrogen-bond acceptors (Lipinski definition) is 5. The van der Waals surface area contributed by atoms with Gasteiger partial charge in [0.25, 0.3) is 5.91 Å². The first-order valence-electron chi connectivity index (χ1n) is 9.13. The van der Waals surface area contributed by atoms with Crippen molar-refractivity contribution in [3.8, 4) is 0 Å². The molecule has 3 amide bonds. The summed E-state index contributed by atoms with van der Waals surface area (Å²) in [5, 5.41) is 5.68. The lowest BCUT2D eigenvalue weighted by atomic mass is 9.96. The van der Waals surface area contributed by atoms with Crippen LogP contribution in [0.4, 0.5) is 4.79 Å². The molecular formula is C19H25ClN2O4S. The molecule has 1 fully saturated rings. The van der Waals surface area contributed by atoms with Crippen molar-refractivity contribution in [2.75, 3.05) is 5.75 Å². The number of hydrogen-bond donors (Lipinski definition) is 2. The Morgan fingerprint density at radius 3 is 2.52 bits per heavy atom. The molecule has 0 unspecified atom stereocenters. The number of benzene rings is 1. The summed E-state index contributed by atoms with van der Waals surface area (Å²) in [5.41, 5.74) is 0. The maximum atomic E-state index is 12.0. The van der Waals surface area contributed by atoms with Crippen molar-refractivity contribution < 1.29 is 19.1 Å². The van der Waals surface area contributed by atoms with Crippen LogP contribution in [0.1, 0.15) is 45.4 Å². The molecule has 6 nitrogen and oxygen atoms in total. The highest BCUT2D eigenvalue weighted by Gasteiger charge is 2.22. The summed E-state index contributed by atoms with van der Waals surface area (Å²) in [6, 6.07) is 6.89. The Balaban J connectivity index is 1.64. The average molecular weight is 413 g/mol. The van der Waals surface area contributed by atoms with E-state index in [1.165, 1.54) is 25.1 Å². The molecule has 1 aliphatic rings. The highest BCUT2D eigenvalue weighted by Crippen LogP contribution is 2.21. The molecule has 2 N–H and O–H groups in total. The lowest BCUT2D eigenvalue weighted by Crippen LogP contribution is -2.48. The highest BCUT2D eigenvalue weighted by molar-refractivity contribution is 7.99. The molecule has 8 heteroatoms. The Hall–Kier alpha value is -1.73. The molecule has 0 bridgehead atoms. The summed E-state index contributed by atoms with van der Waals surface area (Å²) >= 11 is 7.32. The van der Waals surface area contributed by atoms with Gasteiger partial charge in [-0.15, -0.1) is 11.8 Å². The van der Waals surface area contributed by atoms with Crippen LogP contribution in [0.3, 0.4) is 0 Å². The number of nitrogens with one attached hydrogen (secondary N) is 2. The van der Waals surface area contributed by atoms with Gasteiger partial charge in [-0.2, -0.15) is 0 Å². The van der Waals surface area contributed by atoms with E-state index in [0.29, 0.717) is 10.8 Å². The van der Waals surface area contributed by atoms with Gasteiger partial charge >= 0.3 is 12.0 Å². The molecule has 0 saturated heterocycles. The Kier molecular flexibility index (Phi) is 8.94. The molecule has 0 radical (unpaired) electrons. The Morgan fingerprint density at radius 1 is 1.19 bits per heavy atom. The van der Waals surface area contributed by atoms with Crippen molar-refractivity contribution in [3.05, 3.63) is 29.3 Å². The van der Waals surface area contributed by atoms with Crippen LogP contribution in [0.5, 0.6) is 0 Å². The molecule has 0 aromatic heterocycles. The second-order valence-corrected chi connectivity index (χ2v) is 8.09. The number of carbonyl (C=O) groups is 3. The number of amides is 3. The molecule has 1 aromatic rings. The predicted molar refractivity (Wildman–Crippen MR) is 106 cm³/mol. The zero-order valence-electron chi connectivity index (χ0n) is 15.3. The van der Waals surface area contributed by atoms with E-state index in [-0.39, 0.29) is 12.5 Å². The van der Waals surface area contributed by atoms with E-state index in [1.807, 2.05) is 12.1 Å². The zero-order chi connectivity index (χ0) is 19.6. The number of thioether (sulfide) groups is 1. The van der Waals surface area contributed by atoms with Gasteiger partial charge in [0.2, 0.25) is 0 Å². The first-order chi connectivity index (χ1) is 12.9. The summed E-state index contributed by atoms with van der Waals surface area (Å²) in [6.07, 6.45) is 4.35. The third-order valence-corrected chi connectivity index (χ3v) is 5.51. The molecule has 1 saturated carbocycles. The van der Waals surface area contributed by atoms with E-state index in [0.717, 1.165) is 30.6 Å². The molecular weight excluding hydrogens is 388 g/mol. The summed E-state index contributed by atoms with van der Waals surface area (Å²) < 4.78 is 5.09. The average Bonchev–Trinajstić information content (AvgIpc) is 2.64. The van der Waals surface area contributed by atoms with Crippen LogP contribution in [-0.4, -0.2) is 35.8 Å². The van der Waals surface area contributed by atoms with Crippen molar-refractivity contribution in [1.82, 2.24) is 10.6 Å². The number of imide groups is 1. The number of carbonyl (C=O) groups excluding carboxylic acids is 3. The Morgan fingerprint density at radius 2 is 1.85 bits per heavy atom. The van der Waals surface area contributed by atoms with Crippen molar-refractivity contribution in [1.29, 1.82) is 0 Å². The minimum atomic E-state index is -1.02. The summed E-state index contributed by atoms with van der Waals surface area (Å²) in [5.74, 6) is -0.578. The van der Waals surface area contributed by atoms with E-state index in [1.54, 1.807) is 12.1 Å². The first kappa shape index (κ1) is 21.6. The zero-order valence-corrected chi connectivity index (χ0v) is 16.9. The van der Waals surface area contributed by atoms with Gasteiger partial charge in [-0.05, 0) is 44.0 Å². The third kappa shape index (κ3) is 8.22. The van der Waals surface area contributed by atoms with E-state index >= 15 is 0 Å². The lowest BCUT2D eigenvalue weighted by molar-refractivity contribution is -0.154. The summed E-state index contributed by atoms with van der Waals surface area (Å²) in [7, 11) is 0. The van der Waals surface area contributed by atoms with E-state index < -0.39 is 24.0 Å². The standard InChI is InChI=1S/C19H25ClN2O4S/c1-13(18(24)22-19(25)21-15-5-3-2-4-6-15)26-17(23)11-12-27-16-9-7-14(20)8-10-16/h7-10,13,15H,2-6,11-12H2,1H3,(H2,21,22,24,25)/t13-/m0/s1. The monoisotopic (exact) mass is 412 g/mol. The van der Waals surface area contributed by atoms with Gasteiger partial charge in [0, 0.05) is 21.7 Å². The van der Waals surface area contributed by atoms with Crippen LogP contribution in [-0.2, 0) is 14.3 Å². The quantitative estimate of drug-likeness (QED) is 0.523. The van der Waals surface area contributed by atoms with Crippen molar-refractivity contribution in [2.45, 2.75) is 62.5 Å². The first-order valence-corrected chi connectivity index (χ1v) is 10.5. The van der Waals surface area contributed by atoms with Gasteiger partial charge in [-0.25, -0.2) is 4.79 Å². The number of halogens is 1. The van der Waals surface area contributed by atoms with E-state index in [4.69, 9.17) is 16.3 Å². The SMILES string of the molecule is C[C@H](OC(=O)CCSc1ccc(Cl)cc1)C(=O)NC(=O)NC1CCCCC1. The van der Waals surface area contributed by atoms with Crippen LogP contribution in [0, 0.1) is 0 Å². The van der Waals surface area contributed by atoms with Crippen molar-refractivity contribution in [2.24, 2.45) is 0 Å². The third-order valence-electron chi connectivity index (χ3n) is 4.24. The van der Waals surface area contributed by atoms with Crippen LogP contribution >= 0.6 is 23.4 Å². The molecule has 1 aromatic carbocycles. The van der Waals surface area contributed by atoms with Gasteiger partial charge < -0.3 is 10.1 Å². The van der Waals surface area contributed by atoms with E-state index in [2.05, 4.69) is 10.6 Å². The topological polar surface area (TPSA) is 84.5 Å². The summed E-state index contributed by atoms with van der Waals surface area (Å²) in [4.78, 5) is 36.7. The fraction of sp³-hybridized carbons (Fsp3) is 0.526. The largest absolute Gasteiger partial charge is 0.453 e. The maximum Gasteiger partial charge on any atom is 0.321 e. The molecule has 0 aliphatic heterocycles. The van der Waals surface area contributed by atoms with Crippen LogP contribution in [0.2, 0.25) is 5.02 Å². The lowest BCUT2D eigenvalue weighted by Gasteiger charge is -2.23. The molecule has 27 heavy (non-hydrogen) atoms. The van der Waals surface area contributed by atoms with Gasteiger partial charge in [0.05, 0.1) is 6.42 Å². The normalized spacial score (nSPS) is 15.6. The minimum Gasteiger partial charge on any atom is -0.453 e. The number of ether oxygens (including phenoxy) is 1. The van der Waals surface area contributed by atoms with Gasteiger partial charge in [-0.1, -0.05) is 30.9 Å².